The summed E-state index contributed by atoms with van der Waals surface area (Å²) in [6, 6.07) is 21.9. The van der Waals surface area contributed by atoms with Gasteiger partial charge in [-0.25, -0.2) is 0 Å². The van der Waals surface area contributed by atoms with E-state index < -0.39 is 0 Å². The van der Waals surface area contributed by atoms with Crippen molar-refractivity contribution in [3.8, 4) is 0 Å². The van der Waals surface area contributed by atoms with E-state index in [9.17, 15) is 0 Å². The summed E-state index contributed by atoms with van der Waals surface area (Å²) in [6.07, 6.45) is 2.19. The van der Waals surface area contributed by atoms with Gasteiger partial charge in [-0.15, -0.1) is 0 Å². The number of halogens is 1. The zero-order chi connectivity index (χ0) is 20.1. The maximum Gasteiger partial charge on any atom is 0.0473 e. The summed E-state index contributed by atoms with van der Waals surface area (Å²) in [5, 5.41) is 0.803. The molecule has 28 heavy (non-hydrogen) atoms. The van der Waals surface area contributed by atoms with Crippen molar-refractivity contribution in [1.29, 1.82) is 0 Å². The molecule has 0 aliphatic carbocycles. The van der Waals surface area contributed by atoms with Crippen molar-refractivity contribution in [2.24, 2.45) is 5.92 Å². The summed E-state index contributed by atoms with van der Waals surface area (Å²) >= 11 is 6.22. The van der Waals surface area contributed by atoms with E-state index in [1.807, 2.05) is 12.1 Å². The zero-order valence-corrected chi connectivity index (χ0v) is 18.2. The minimum atomic E-state index is 0.473. The average molecular weight is 395 g/mol. The monoisotopic (exact) mass is 394 g/mol. The molecule has 3 aromatic rings. The van der Waals surface area contributed by atoms with Gasteiger partial charge in [0, 0.05) is 42.6 Å². The van der Waals surface area contributed by atoms with Crippen LogP contribution in [0.25, 0.3) is 0 Å². The molecule has 2 nitrogen and oxygen atoms in total. The first-order chi connectivity index (χ1) is 13.4. The van der Waals surface area contributed by atoms with Crippen molar-refractivity contribution in [3.05, 3.63) is 94.3 Å². The topological polar surface area (TPSA) is 8.17 Å². The Hall–Kier alpha value is -2.03. The van der Waals surface area contributed by atoms with E-state index in [-0.39, 0.29) is 0 Å². The van der Waals surface area contributed by atoms with Crippen LogP contribution in [0.4, 0.5) is 0 Å². The van der Waals surface area contributed by atoms with Gasteiger partial charge in [0.05, 0.1) is 0 Å². The molecule has 0 saturated heterocycles. The van der Waals surface area contributed by atoms with Crippen LogP contribution in [0.2, 0.25) is 5.02 Å². The summed E-state index contributed by atoms with van der Waals surface area (Å²) in [5.74, 6) is 0.583. The number of nitrogens with zero attached hydrogens (tertiary/aromatic N) is 2. The molecule has 2 aromatic carbocycles. The number of rotatable bonds is 8. The largest absolute Gasteiger partial charge is 0.346 e. The van der Waals surface area contributed by atoms with Crippen molar-refractivity contribution in [1.82, 2.24) is 9.47 Å². The highest BCUT2D eigenvalue weighted by Gasteiger charge is 2.19. The van der Waals surface area contributed by atoms with Crippen LogP contribution in [0.3, 0.4) is 0 Å². The van der Waals surface area contributed by atoms with Crippen LogP contribution in [-0.2, 0) is 19.6 Å². The van der Waals surface area contributed by atoms with Crippen LogP contribution in [0, 0.1) is 12.8 Å². The van der Waals surface area contributed by atoms with Crippen LogP contribution in [-0.4, -0.2) is 15.5 Å². The third-order valence-corrected chi connectivity index (χ3v) is 5.77. The molecule has 0 amide bonds. The minimum Gasteiger partial charge on any atom is -0.346 e. The van der Waals surface area contributed by atoms with Gasteiger partial charge in [-0.3, -0.25) is 4.90 Å². The summed E-state index contributed by atoms with van der Waals surface area (Å²) in [6.45, 7) is 11.8. The molecule has 0 spiro atoms. The molecule has 0 fully saturated rings. The van der Waals surface area contributed by atoms with E-state index in [2.05, 4.69) is 91.9 Å². The van der Waals surface area contributed by atoms with Crippen molar-refractivity contribution < 1.29 is 0 Å². The van der Waals surface area contributed by atoms with Crippen molar-refractivity contribution in [3.63, 3.8) is 0 Å². The number of aryl methyl sites for hydroxylation is 1. The standard InChI is InChI=1S/C25H31ClN2/c1-19(2)21(4)28(17-23-10-6-11-24(26)15-23)18-25-12-7-13-27(25)16-22-9-5-8-20(3)14-22/h5-15,19,21H,16-18H2,1-4H3/t21-/m1/s1. The summed E-state index contributed by atoms with van der Waals surface area (Å²) in [7, 11) is 0. The molecule has 1 atom stereocenters. The van der Waals surface area contributed by atoms with Crippen molar-refractivity contribution in [2.45, 2.75) is 53.4 Å². The second-order valence-electron chi connectivity index (χ2n) is 8.14. The Kier molecular flexibility index (Phi) is 6.98. The lowest BCUT2D eigenvalue weighted by atomic mass is 10.0. The summed E-state index contributed by atoms with van der Waals surface area (Å²) in [5.41, 5.74) is 5.26. The molecule has 3 rings (SSSR count). The Morgan fingerprint density at radius 1 is 0.893 bits per heavy atom. The van der Waals surface area contributed by atoms with E-state index >= 15 is 0 Å². The van der Waals surface area contributed by atoms with Gasteiger partial charge in [0.2, 0.25) is 0 Å². The second kappa shape index (κ2) is 9.45. The van der Waals surface area contributed by atoms with E-state index in [1.54, 1.807) is 0 Å². The molecule has 0 bridgehead atoms. The quantitative estimate of drug-likeness (QED) is 0.420. The zero-order valence-electron chi connectivity index (χ0n) is 17.4. The minimum absolute atomic E-state index is 0.473. The predicted molar refractivity (Wildman–Crippen MR) is 120 cm³/mol. The SMILES string of the molecule is Cc1cccc(Cn2cccc2CN(Cc2cccc(Cl)c2)[C@H](C)C(C)C)c1. The number of hydrogen-bond donors (Lipinski definition) is 0. The maximum absolute atomic E-state index is 6.22. The predicted octanol–water partition coefficient (Wildman–Crippen LogP) is 6.54. The van der Waals surface area contributed by atoms with Gasteiger partial charge in [0.1, 0.15) is 0 Å². The summed E-state index contributed by atoms with van der Waals surface area (Å²) < 4.78 is 2.37. The molecule has 0 saturated carbocycles. The van der Waals surface area contributed by atoms with E-state index in [4.69, 9.17) is 11.6 Å². The highest BCUT2D eigenvalue weighted by Crippen LogP contribution is 2.21. The van der Waals surface area contributed by atoms with Crippen LogP contribution in [0.1, 0.15) is 43.2 Å². The van der Waals surface area contributed by atoms with Gasteiger partial charge in [-0.1, -0.05) is 67.4 Å². The molecule has 0 unspecified atom stereocenters. The van der Waals surface area contributed by atoms with Crippen LogP contribution >= 0.6 is 11.6 Å². The normalized spacial score (nSPS) is 12.7. The van der Waals surface area contributed by atoms with Crippen molar-refractivity contribution in [2.75, 3.05) is 0 Å². The molecule has 0 radical (unpaired) electrons. The van der Waals surface area contributed by atoms with Gasteiger partial charge in [0.15, 0.2) is 0 Å². The molecule has 148 valence electrons. The van der Waals surface area contributed by atoms with Crippen LogP contribution < -0.4 is 0 Å². The van der Waals surface area contributed by atoms with Gasteiger partial charge in [-0.05, 0) is 55.2 Å². The number of benzene rings is 2. The fourth-order valence-electron chi connectivity index (χ4n) is 3.60. The Bertz CT molecular complexity index is 897. The lowest BCUT2D eigenvalue weighted by Crippen LogP contribution is -2.36. The maximum atomic E-state index is 6.22. The fraction of sp³-hybridized carbons (Fsp3) is 0.360. The third-order valence-electron chi connectivity index (χ3n) is 5.54. The molecule has 3 heteroatoms. The van der Waals surface area contributed by atoms with E-state index in [1.165, 1.54) is 22.4 Å². The lowest BCUT2D eigenvalue weighted by molar-refractivity contribution is 0.148. The smallest absolute Gasteiger partial charge is 0.0473 e. The Morgan fingerprint density at radius 3 is 2.36 bits per heavy atom. The Morgan fingerprint density at radius 2 is 1.64 bits per heavy atom. The van der Waals surface area contributed by atoms with E-state index in [0.29, 0.717) is 12.0 Å². The fourth-order valence-corrected chi connectivity index (χ4v) is 3.81. The summed E-state index contributed by atoms with van der Waals surface area (Å²) in [4.78, 5) is 2.55. The second-order valence-corrected chi connectivity index (χ2v) is 8.57. The highest BCUT2D eigenvalue weighted by atomic mass is 35.5. The molecule has 1 aromatic heterocycles. The van der Waals surface area contributed by atoms with E-state index in [0.717, 1.165) is 24.7 Å². The average Bonchev–Trinajstić information content (AvgIpc) is 3.07. The van der Waals surface area contributed by atoms with Gasteiger partial charge < -0.3 is 4.57 Å². The first kappa shape index (κ1) is 20.7. The first-order valence-electron chi connectivity index (χ1n) is 10.1. The van der Waals surface area contributed by atoms with Crippen LogP contribution in [0.5, 0.6) is 0 Å². The lowest BCUT2D eigenvalue weighted by Gasteiger charge is -2.32. The number of aromatic nitrogens is 1. The molecule has 0 aliphatic rings. The Balaban J connectivity index is 1.80. The Labute approximate surface area is 174 Å². The molecular weight excluding hydrogens is 364 g/mol. The molecule has 0 N–H and O–H groups in total. The van der Waals surface area contributed by atoms with Gasteiger partial charge in [-0.2, -0.15) is 0 Å². The molecule has 1 heterocycles. The van der Waals surface area contributed by atoms with Crippen LogP contribution in [0.15, 0.2) is 66.9 Å². The highest BCUT2D eigenvalue weighted by molar-refractivity contribution is 6.30. The van der Waals surface area contributed by atoms with Gasteiger partial charge >= 0.3 is 0 Å². The van der Waals surface area contributed by atoms with Crippen molar-refractivity contribution >= 4 is 11.6 Å². The molecular formula is C25H31ClN2. The molecule has 0 aliphatic heterocycles. The third kappa shape index (κ3) is 5.50. The van der Waals surface area contributed by atoms with Gasteiger partial charge in [0.25, 0.3) is 0 Å². The number of hydrogen-bond acceptors (Lipinski definition) is 1. The first-order valence-corrected chi connectivity index (χ1v) is 10.5.